The maximum atomic E-state index is 12.4. The van der Waals surface area contributed by atoms with Crippen LogP contribution in [0.5, 0.6) is 17.2 Å². The van der Waals surface area contributed by atoms with E-state index in [1.165, 1.54) is 6.92 Å². The van der Waals surface area contributed by atoms with Crippen molar-refractivity contribution < 1.29 is 23.8 Å². The topological polar surface area (TPSA) is 85.9 Å². The molecule has 28 heavy (non-hydrogen) atoms. The Morgan fingerprint density at radius 1 is 1.18 bits per heavy atom. The van der Waals surface area contributed by atoms with Gasteiger partial charge in [-0.25, -0.2) is 0 Å². The van der Waals surface area contributed by atoms with Crippen LogP contribution in [-0.2, 0) is 16.0 Å². The maximum Gasteiger partial charge on any atom is 0.262 e. The van der Waals surface area contributed by atoms with Crippen molar-refractivity contribution in [2.75, 3.05) is 23.8 Å². The van der Waals surface area contributed by atoms with Gasteiger partial charge in [-0.1, -0.05) is 6.07 Å². The van der Waals surface area contributed by atoms with Crippen LogP contribution in [0.25, 0.3) is 0 Å². The first-order chi connectivity index (χ1) is 13.4. The van der Waals surface area contributed by atoms with Crippen molar-refractivity contribution in [3.8, 4) is 17.2 Å². The number of carbonyl (C=O) groups excluding carboxylic acids is 2. The fourth-order valence-corrected chi connectivity index (χ4v) is 3.01. The summed E-state index contributed by atoms with van der Waals surface area (Å²) in [5, 5.41) is 5.49. The molecule has 2 N–H and O–H groups in total. The summed E-state index contributed by atoms with van der Waals surface area (Å²) in [5.41, 5.74) is 2.23. The van der Waals surface area contributed by atoms with Gasteiger partial charge in [0.15, 0.2) is 6.61 Å². The summed E-state index contributed by atoms with van der Waals surface area (Å²) in [6, 6.07) is 10.6. The summed E-state index contributed by atoms with van der Waals surface area (Å²) in [5.74, 6) is 1.36. The number of carbonyl (C=O) groups is 2. The van der Waals surface area contributed by atoms with Gasteiger partial charge in [0.2, 0.25) is 5.91 Å². The Morgan fingerprint density at radius 3 is 2.75 bits per heavy atom. The van der Waals surface area contributed by atoms with Crippen molar-refractivity contribution in [1.29, 1.82) is 0 Å². The lowest BCUT2D eigenvalue weighted by atomic mass is 10.1. The van der Waals surface area contributed by atoms with Crippen molar-refractivity contribution >= 4 is 23.2 Å². The Balaban J connectivity index is 1.65. The number of hydrogen-bond donors (Lipinski definition) is 2. The molecule has 0 spiro atoms. The summed E-state index contributed by atoms with van der Waals surface area (Å²) in [7, 11) is 0. The standard InChI is InChI=1S/C21H24N2O5/c1-4-26-20-9-15-8-13(2)28-19(15)11-18(20)23-21(25)12-27-17-7-5-6-16(10-17)22-14(3)24/h5-7,9-11,13H,4,8,12H2,1-3H3,(H,22,24)(H,23,25)/t13-/m0/s1. The molecular weight excluding hydrogens is 360 g/mol. The van der Waals surface area contributed by atoms with Crippen LogP contribution in [0.4, 0.5) is 11.4 Å². The molecule has 148 valence electrons. The van der Waals surface area contributed by atoms with E-state index >= 15 is 0 Å². The summed E-state index contributed by atoms with van der Waals surface area (Å²) >= 11 is 0. The molecule has 2 amide bonds. The zero-order valence-corrected chi connectivity index (χ0v) is 16.2. The van der Waals surface area contributed by atoms with Gasteiger partial charge in [0.1, 0.15) is 23.4 Å². The van der Waals surface area contributed by atoms with Crippen LogP contribution in [0.1, 0.15) is 26.3 Å². The molecule has 7 nitrogen and oxygen atoms in total. The first kappa shape index (κ1) is 19.5. The quantitative estimate of drug-likeness (QED) is 0.764. The van der Waals surface area contributed by atoms with Crippen LogP contribution in [0.2, 0.25) is 0 Å². The predicted octanol–water partition coefficient (Wildman–Crippen LogP) is 3.38. The summed E-state index contributed by atoms with van der Waals surface area (Å²) in [4.78, 5) is 23.5. The fraction of sp³-hybridized carbons (Fsp3) is 0.333. The SMILES string of the molecule is CCOc1cc2c(cc1NC(=O)COc1cccc(NC(C)=O)c1)O[C@@H](C)C2. The average Bonchev–Trinajstić information content (AvgIpc) is 2.99. The van der Waals surface area contributed by atoms with Gasteiger partial charge in [0.25, 0.3) is 5.91 Å². The zero-order chi connectivity index (χ0) is 20.1. The Bertz CT molecular complexity index is 881. The van der Waals surface area contributed by atoms with Gasteiger partial charge in [-0.2, -0.15) is 0 Å². The van der Waals surface area contributed by atoms with E-state index in [9.17, 15) is 9.59 Å². The molecular formula is C21H24N2O5. The summed E-state index contributed by atoms with van der Waals surface area (Å²) in [6.45, 7) is 5.64. The second-order valence-electron chi connectivity index (χ2n) is 6.57. The number of fused-ring (bicyclic) bond motifs is 1. The van der Waals surface area contributed by atoms with Crippen molar-refractivity contribution in [1.82, 2.24) is 0 Å². The van der Waals surface area contributed by atoms with E-state index in [0.29, 0.717) is 29.5 Å². The molecule has 0 aromatic heterocycles. The molecule has 1 aliphatic rings. The molecule has 2 aromatic carbocycles. The molecule has 7 heteroatoms. The number of nitrogens with one attached hydrogen (secondary N) is 2. The molecule has 1 aliphatic heterocycles. The van der Waals surface area contributed by atoms with Crippen LogP contribution >= 0.6 is 0 Å². The maximum absolute atomic E-state index is 12.4. The largest absolute Gasteiger partial charge is 0.492 e. The number of hydrogen-bond acceptors (Lipinski definition) is 5. The minimum absolute atomic E-state index is 0.106. The molecule has 0 saturated heterocycles. The van der Waals surface area contributed by atoms with E-state index in [1.54, 1.807) is 30.3 Å². The van der Waals surface area contributed by atoms with Gasteiger partial charge in [-0.05, 0) is 32.0 Å². The Morgan fingerprint density at radius 2 is 2.00 bits per heavy atom. The molecule has 1 atom stereocenters. The van der Waals surface area contributed by atoms with E-state index < -0.39 is 0 Å². The number of ether oxygens (including phenoxy) is 3. The molecule has 0 radical (unpaired) electrons. The fourth-order valence-electron chi connectivity index (χ4n) is 3.01. The molecule has 3 rings (SSSR count). The molecule has 0 aliphatic carbocycles. The van der Waals surface area contributed by atoms with Gasteiger partial charge in [-0.3, -0.25) is 9.59 Å². The van der Waals surface area contributed by atoms with Gasteiger partial charge < -0.3 is 24.8 Å². The first-order valence-electron chi connectivity index (χ1n) is 9.21. The van der Waals surface area contributed by atoms with Crippen molar-refractivity contribution in [3.63, 3.8) is 0 Å². The van der Waals surface area contributed by atoms with Crippen LogP contribution in [-0.4, -0.2) is 31.1 Å². The lowest BCUT2D eigenvalue weighted by Crippen LogP contribution is -2.20. The Labute approximate surface area is 164 Å². The second-order valence-corrected chi connectivity index (χ2v) is 6.57. The zero-order valence-electron chi connectivity index (χ0n) is 16.2. The third-order valence-electron chi connectivity index (χ3n) is 4.10. The van der Waals surface area contributed by atoms with Gasteiger partial charge in [0.05, 0.1) is 12.3 Å². The smallest absolute Gasteiger partial charge is 0.262 e. The van der Waals surface area contributed by atoms with Gasteiger partial charge in [0, 0.05) is 36.7 Å². The van der Waals surface area contributed by atoms with Crippen molar-refractivity contribution in [3.05, 3.63) is 42.0 Å². The third-order valence-corrected chi connectivity index (χ3v) is 4.10. The summed E-state index contributed by atoms with van der Waals surface area (Å²) < 4.78 is 17.0. The molecule has 0 bridgehead atoms. The van der Waals surface area contributed by atoms with Crippen LogP contribution < -0.4 is 24.8 Å². The Kier molecular flexibility index (Phi) is 6.03. The molecule has 0 unspecified atom stereocenters. The summed E-state index contributed by atoms with van der Waals surface area (Å²) in [6.07, 6.45) is 0.923. The highest BCUT2D eigenvalue weighted by Gasteiger charge is 2.22. The van der Waals surface area contributed by atoms with E-state index in [2.05, 4.69) is 10.6 Å². The van der Waals surface area contributed by atoms with E-state index in [4.69, 9.17) is 14.2 Å². The van der Waals surface area contributed by atoms with Crippen LogP contribution in [0.3, 0.4) is 0 Å². The molecule has 0 saturated carbocycles. The number of rotatable bonds is 7. The number of anilines is 2. The second kappa shape index (κ2) is 8.65. The highest BCUT2D eigenvalue weighted by molar-refractivity contribution is 5.94. The lowest BCUT2D eigenvalue weighted by molar-refractivity contribution is -0.118. The monoisotopic (exact) mass is 384 g/mol. The minimum Gasteiger partial charge on any atom is -0.492 e. The normalized spacial score (nSPS) is 14.6. The third kappa shape index (κ3) is 4.94. The minimum atomic E-state index is -0.322. The number of benzene rings is 2. The van der Waals surface area contributed by atoms with Gasteiger partial charge >= 0.3 is 0 Å². The number of amides is 2. The van der Waals surface area contributed by atoms with E-state index in [1.807, 2.05) is 19.9 Å². The van der Waals surface area contributed by atoms with Crippen LogP contribution in [0, 0.1) is 0 Å². The van der Waals surface area contributed by atoms with Crippen molar-refractivity contribution in [2.24, 2.45) is 0 Å². The van der Waals surface area contributed by atoms with Crippen molar-refractivity contribution in [2.45, 2.75) is 33.3 Å². The Hall–Kier alpha value is -3.22. The molecule has 1 heterocycles. The first-order valence-corrected chi connectivity index (χ1v) is 9.21. The lowest BCUT2D eigenvalue weighted by Gasteiger charge is -2.14. The van der Waals surface area contributed by atoms with E-state index in [-0.39, 0.29) is 24.5 Å². The molecule has 0 fully saturated rings. The van der Waals surface area contributed by atoms with Gasteiger partial charge in [-0.15, -0.1) is 0 Å². The molecule has 2 aromatic rings. The highest BCUT2D eigenvalue weighted by atomic mass is 16.5. The predicted molar refractivity (Wildman–Crippen MR) is 106 cm³/mol. The average molecular weight is 384 g/mol. The van der Waals surface area contributed by atoms with Crippen LogP contribution in [0.15, 0.2) is 36.4 Å². The highest BCUT2D eigenvalue weighted by Crippen LogP contribution is 2.38. The van der Waals surface area contributed by atoms with E-state index in [0.717, 1.165) is 17.7 Å².